The molecule has 0 aromatic heterocycles. The Morgan fingerprint density at radius 1 is 1.29 bits per heavy atom. The summed E-state index contributed by atoms with van der Waals surface area (Å²) in [5.41, 5.74) is -0.751. The van der Waals surface area contributed by atoms with E-state index in [2.05, 4.69) is 21.2 Å². The van der Waals surface area contributed by atoms with Crippen molar-refractivity contribution in [2.45, 2.75) is 23.5 Å². The van der Waals surface area contributed by atoms with Crippen LogP contribution < -0.4 is 5.32 Å². The van der Waals surface area contributed by atoms with Gasteiger partial charge in [-0.3, -0.25) is 9.59 Å². The molecule has 4 rings (SSSR count). The molecule has 1 amide bonds. The number of fused-ring (bicyclic) bond motifs is 1. The molecule has 0 radical (unpaired) electrons. The van der Waals surface area contributed by atoms with E-state index in [0.717, 1.165) is 18.6 Å². The summed E-state index contributed by atoms with van der Waals surface area (Å²) in [4.78, 5) is 24.6. The topological polar surface area (TPSA) is 55.4 Å². The summed E-state index contributed by atoms with van der Waals surface area (Å²) < 4.78 is 43.7. The number of halogens is 4. The minimum Gasteiger partial charge on any atom is -0.461 e. The van der Waals surface area contributed by atoms with Crippen LogP contribution in [0.5, 0.6) is 0 Å². The third kappa shape index (κ3) is 2.26. The van der Waals surface area contributed by atoms with Crippen LogP contribution in [-0.4, -0.2) is 22.8 Å². The summed E-state index contributed by atoms with van der Waals surface area (Å²) in [6.45, 7) is 0. The van der Waals surface area contributed by atoms with E-state index in [0.29, 0.717) is 0 Å². The van der Waals surface area contributed by atoms with Gasteiger partial charge in [0.2, 0.25) is 5.91 Å². The van der Waals surface area contributed by atoms with E-state index in [-0.39, 0.29) is 34.4 Å². The second kappa shape index (κ2) is 5.21. The van der Waals surface area contributed by atoms with E-state index in [4.69, 9.17) is 4.74 Å². The van der Waals surface area contributed by atoms with Gasteiger partial charge in [-0.25, -0.2) is 0 Å². The molecular formula is C16H13BrF3NO3. The van der Waals surface area contributed by atoms with Gasteiger partial charge in [0.05, 0.1) is 22.2 Å². The number of carbonyl (C=O) groups excluding carboxylic acids is 2. The molecule has 1 saturated heterocycles. The summed E-state index contributed by atoms with van der Waals surface area (Å²) in [6.07, 6.45) is -3.95. The van der Waals surface area contributed by atoms with Gasteiger partial charge in [0, 0.05) is 11.6 Å². The quantitative estimate of drug-likeness (QED) is 0.609. The Hall–Kier alpha value is -1.57. The van der Waals surface area contributed by atoms with Crippen LogP contribution in [0.2, 0.25) is 0 Å². The van der Waals surface area contributed by atoms with Gasteiger partial charge in [-0.15, -0.1) is 0 Å². The maximum atomic E-state index is 12.8. The van der Waals surface area contributed by atoms with Gasteiger partial charge < -0.3 is 10.1 Å². The molecule has 1 N–H and O–H groups in total. The fourth-order valence-electron chi connectivity index (χ4n) is 4.33. The van der Waals surface area contributed by atoms with Gasteiger partial charge in [-0.2, -0.15) is 13.2 Å². The smallest absolute Gasteiger partial charge is 0.416 e. The number of carbonyl (C=O) groups is 2. The average molecular weight is 404 g/mol. The first-order valence-electron chi connectivity index (χ1n) is 7.60. The monoisotopic (exact) mass is 403 g/mol. The first-order chi connectivity index (χ1) is 11.3. The summed E-state index contributed by atoms with van der Waals surface area (Å²) in [7, 11) is 0. The number of ether oxygens (including phenoxy) is 1. The fraction of sp³-hybridized carbons (Fsp3) is 0.500. The zero-order valence-electron chi connectivity index (χ0n) is 12.2. The molecule has 128 valence electrons. The molecule has 2 saturated carbocycles. The predicted octanol–water partition coefficient (Wildman–Crippen LogP) is 3.21. The Balaban J connectivity index is 1.56. The Morgan fingerprint density at radius 2 is 2.04 bits per heavy atom. The summed E-state index contributed by atoms with van der Waals surface area (Å²) in [6, 6.07) is 4.49. The third-order valence-electron chi connectivity index (χ3n) is 5.28. The van der Waals surface area contributed by atoms with Crippen molar-refractivity contribution in [3.05, 3.63) is 29.8 Å². The lowest BCUT2D eigenvalue weighted by molar-refractivity contribution is -0.145. The molecule has 0 unspecified atom stereocenters. The number of hydrogen-bond donors (Lipinski definition) is 1. The van der Waals surface area contributed by atoms with Crippen molar-refractivity contribution < 1.29 is 27.5 Å². The van der Waals surface area contributed by atoms with Crippen molar-refractivity contribution in [2.75, 3.05) is 5.32 Å². The number of esters is 1. The van der Waals surface area contributed by atoms with Crippen LogP contribution in [0.25, 0.3) is 0 Å². The van der Waals surface area contributed by atoms with Crippen molar-refractivity contribution in [3.63, 3.8) is 0 Å². The first kappa shape index (κ1) is 15.9. The maximum Gasteiger partial charge on any atom is 0.416 e. The second-order valence-electron chi connectivity index (χ2n) is 6.53. The van der Waals surface area contributed by atoms with E-state index >= 15 is 0 Å². The number of alkyl halides is 4. The minimum absolute atomic E-state index is 0.0177. The molecule has 8 heteroatoms. The molecular weight excluding hydrogens is 391 g/mol. The summed E-state index contributed by atoms with van der Waals surface area (Å²) in [5.74, 6) is -1.88. The molecule has 4 nitrogen and oxygen atoms in total. The number of amides is 1. The number of benzene rings is 1. The van der Waals surface area contributed by atoms with Crippen molar-refractivity contribution in [1.82, 2.24) is 0 Å². The molecule has 3 fully saturated rings. The van der Waals surface area contributed by atoms with E-state index in [1.807, 2.05) is 0 Å². The summed E-state index contributed by atoms with van der Waals surface area (Å²) in [5, 5.41) is 2.54. The van der Waals surface area contributed by atoms with Gasteiger partial charge in [-0.05, 0) is 30.5 Å². The van der Waals surface area contributed by atoms with Gasteiger partial charge in [0.25, 0.3) is 0 Å². The molecule has 3 aliphatic rings. The van der Waals surface area contributed by atoms with E-state index < -0.39 is 29.5 Å². The van der Waals surface area contributed by atoms with Crippen molar-refractivity contribution in [1.29, 1.82) is 0 Å². The highest BCUT2D eigenvalue weighted by atomic mass is 79.9. The normalized spacial score (nSPS) is 36.8. The fourth-order valence-corrected chi connectivity index (χ4v) is 5.37. The molecule has 2 bridgehead atoms. The van der Waals surface area contributed by atoms with Crippen LogP contribution in [0.15, 0.2) is 24.3 Å². The molecule has 24 heavy (non-hydrogen) atoms. The third-order valence-corrected chi connectivity index (χ3v) is 6.48. The van der Waals surface area contributed by atoms with Gasteiger partial charge in [0.15, 0.2) is 0 Å². The Bertz CT molecular complexity index is 723. The SMILES string of the molecule is O=C(Nc1cccc(C(F)(F)F)c1)[C@@H]1[C@H]2C[C@H]3[C@H](OC(=O)[C@H]31)[C@@H]2Br. The van der Waals surface area contributed by atoms with Crippen LogP contribution in [0, 0.1) is 23.7 Å². The van der Waals surface area contributed by atoms with Gasteiger partial charge in [-0.1, -0.05) is 22.0 Å². The van der Waals surface area contributed by atoms with Crippen molar-refractivity contribution >= 4 is 33.5 Å². The summed E-state index contributed by atoms with van der Waals surface area (Å²) >= 11 is 3.50. The largest absolute Gasteiger partial charge is 0.461 e. The molecule has 1 aliphatic heterocycles. The lowest BCUT2D eigenvalue weighted by atomic mass is 9.79. The highest BCUT2D eigenvalue weighted by Gasteiger charge is 2.67. The molecule has 1 aromatic carbocycles. The van der Waals surface area contributed by atoms with Gasteiger partial charge >= 0.3 is 12.1 Å². The molecule has 1 heterocycles. The zero-order chi connectivity index (χ0) is 17.2. The van der Waals surface area contributed by atoms with E-state index in [1.54, 1.807) is 0 Å². The van der Waals surface area contributed by atoms with E-state index in [1.165, 1.54) is 12.1 Å². The Morgan fingerprint density at radius 3 is 2.75 bits per heavy atom. The van der Waals surface area contributed by atoms with Crippen LogP contribution >= 0.6 is 15.9 Å². The van der Waals surface area contributed by atoms with Crippen LogP contribution in [-0.2, 0) is 20.5 Å². The maximum absolute atomic E-state index is 12.8. The highest BCUT2D eigenvalue weighted by Crippen LogP contribution is 2.60. The van der Waals surface area contributed by atoms with Crippen LogP contribution in [0.4, 0.5) is 18.9 Å². The molecule has 6 atom stereocenters. The number of anilines is 1. The highest BCUT2D eigenvalue weighted by molar-refractivity contribution is 9.09. The zero-order valence-corrected chi connectivity index (χ0v) is 13.8. The second-order valence-corrected chi connectivity index (χ2v) is 7.59. The Labute approximate surface area is 143 Å². The molecule has 0 spiro atoms. The van der Waals surface area contributed by atoms with Crippen LogP contribution in [0.3, 0.4) is 0 Å². The standard InChI is InChI=1S/C16H13BrF3NO3/c17-12-8-5-9-11(15(23)24-13(9)12)10(8)14(22)21-7-3-1-2-6(4-7)16(18,19)20/h1-4,8-13H,5H2,(H,21,22)/t8-,9-,10-,11-,12-,13+/m1/s1. The lowest BCUT2D eigenvalue weighted by Gasteiger charge is -2.27. The Kier molecular flexibility index (Phi) is 3.46. The minimum atomic E-state index is -4.48. The lowest BCUT2D eigenvalue weighted by Crippen LogP contribution is -2.40. The number of hydrogen-bond acceptors (Lipinski definition) is 3. The predicted molar refractivity (Wildman–Crippen MR) is 81.2 cm³/mol. The van der Waals surface area contributed by atoms with Gasteiger partial charge in [0.1, 0.15) is 6.10 Å². The van der Waals surface area contributed by atoms with Crippen LogP contribution in [0.1, 0.15) is 12.0 Å². The number of rotatable bonds is 2. The molecule has 1 aromatic rings. The molecule has 2 aliphatic carbocycles. The van der Waals surface area contributed by atoms with E-state index in [9.17, 15) is 22.8 Å². The van der Waals surface area contributed by atoms with Crippen molar-refractivity contribution in [2.24, 2.45) is 23.7 Å². The first-order valence-corrected chi connectivity index (χ1v) is 8.51. The average Bonchev–Trinajstić information content (AvgIpc) is 3.11. The van der Waals surface area contributed by atoms with Crippen molar-refractivity contribution in [3.8, 4) is 0 Å². The number of nitrogens with one attached hydrogen (secondary N) is 1.